The largest absolute Gasteiger partial charge is 0.326 e. The molecule has 0 saturated carbocycles. The van der Waals surface area contributed by atoms with E-state index in [4.69, 9.17) is 0 Å². The molecule has 1 aromatic heterocycles. The number of hydrogen-bond acceptors (Lipinski definition) is 2. The Labute approximate surface area is 110 Å². The van der Waals surface area contributed by atoms with E-state index in [1.165, 1.54) is 12.1 Å². The average molecular weight is 255 g/mol. The minimum absolute atomic E-state index is 0.241. The highest BCUT2D eigenvalue weighted by molar-refractivity contribution is 5.79. The molecule has 0 spiro atoms. The number of rotatable bonds is 3. The summed E-state index contributed by atoms with van der Waals surface area (Å²) < 4.78 is 15.0. The number of imidazole rings is 1. The van der Waals surface area contributed by atoms with Crippen LogP contribution in [0, 0.1) is 5.82 Å². The van der Waals surface area contributed by atoms with E-state index in [2.05, 4.69) is 21.8 Å². The summed E-state index contributed by atoms with van der Waals surface area (Å²) in [6.07, 6.45) is 0. The summed E-state index contributed by atoms with van der Waals surface area (Å²) in [6, 6.07) is 14.3. The monoisotopic (exact) mass is 255 g/mol. The van der Waals surface area contributed by atoms with Gasteiger partial charge in [0.25, 0.3) is 0 Å². The van der Waals surface area contributed by atoms with Crippen molar-refractivity contribution in [3.63, 3.8) is 0 Å². The van der Waals surface area contributed by atoms with Gasteiger partial charge in [0.1, 0.15) is 5.82 Å². The van der Waals surface area contributed by atoms with E-state index >= 15 is 0 Å². The summed E-state index contributed by atoms with van der Waals surface area (Å²) in [7, 11) is 0. The van der Waals surface area contributed by atoms with Crippen LogP contribution >= 0.6 is 0 Å². The van der Waals surface area contributed by atoms with Crippen molar-refractivity contribution in [3.8, 4) is 0 Å². The zero-order valence-electron chi connectivity index (χ0n) is 10.6. The van der Waals surface area contributed by atoms with Gasteiger partial charge in [-0.15, -0.1) is 0 Å². The quantitative estimate of drug-likeness (QED) is 0.768. The van der Waals surface area contributed by atoms with Crippen molar-refractivity contribution in [2.45, 2.75) is 13.5 Å². The van der Waals surface area contributed by atoms with Crippen molar-refractivity contribution in [2.75, 3.05) is 5.32 Å². The second-order valence-electron chi connectivity index (χ2n) is 4.30. The van der Waals surface area contributed by atoms with E-state index in [1.54, 1.807) is 12.1 Å². The minimum atomic E-state index is -0.241. The Hall–Kier alpha value is -2.36. The lowest BCUT2D eigenvalue weighted by Crippen LogP contribution is -2.01. The van der Waals surface area contributed by atoms with Crippen LogP contribution in [0.3, 0.4) is 0 Å². The molecule has 0 fully saturated rings. The fourth-order valence-electron chi connectivity index (χ4n) is 2.15. The van der Waals surface area contributed by atoms with Gasteiger partial charge in [0, 0.05) is 12.2 Å². The Morgan fingerprint density at radius 3 is 2.58 bits per heavy atom. The maximum absolute atomic E-state index is 12.9. The van der Waals surface area contributed by atoms with Gasteiger partial charge < -0.3 is 9.88 Å². The molecule has 1 N–H and O–H groups in total. The van der Waals surface area contributed by atoms with Crippen LogP contribution in [0.1, 0.15) is 6.92 Å². The molecule has 3 rings (SSSR count). The van der Waals surface area contributed by atoms with Gasteiger partial charge >= 0.3 is 0 Å². The van der Waals surface area contributed by atoms with Crippen molar-refractivity contribution in [3.05, 3.63) is 54.3 Å². The van der Waals surface area contributed by atoms with Crippen LogP contribution in [0.2, 0.25) is 0 Å². The summed E-state index contributed by atoms with van der Waals surface area (Å²) >= 11 is 0. The standard InChI is InChI=1S/C15H14FN3/c1-2-19-14-6-4-3-5-13(14)18-15(19)17-12-9-7-11(16)8-10-12/h3-10H,2H2,1H3,(H,17,18). The fraction of sp³-hybridized carbons (Fsp3) is 0.133. The van der Waals surface area contributed by atoms with Gasteiger partial charge in [0.2, 0.25) is 5.95 Å². The maximum Gasteiger partial charge on any atom is 0.208 e. The highest BCUT2D eigenvalue weighted by atomic mass is 19.1. The van der Waals surface area contributed by atoms with Crippen molar-refractivity contribution in [1.29, 1.82) is 0 Å². The number of nitrogens with zero attached hydrogens (tertiary/aromatic N) is 2. The first-order valence-electron chi connectivity index (χ1n) is 6.26. The number of aryl methyl sites for hydroxylation is 1. The van der Waals surface area contributed by atoms with Crippen LogP contribution in [0.5, 0.6) is 0 Å². The number of nitrogens with one attached hydrogen (secondary N) is 1. The Balaban J connectivity index is 2.02. The van der Waals surface area contributed by atoms with Gasteiger partial charge in [-0.2, -0.15) is 0 Å². The summed E-state index contributed by atoms with van der Waals surface area (Å²) in [5.41, 5.74) is 2.87. The van der Waals surface area contributed by atoms with E-state index in [1.807, 2.05) is 24.3 Å². The van der Waals surface area contributed by atoms with Crippen LogP contribution < -0.4 is 5.32 Å². The lowest BCUT2D eigenvalue weighted by molar-refractivity contribution is 0.628. The van der Waals surface area contributed by atoms with Crippen LogP contribution in [0.4, 0.5) is 16.0 Å². The van der Waals surface area contributed by atoms with Crippen LogP contribution in [0.15, 0.2) is 48.5 Å². The fourth-order valence-corrected chi connectivity index (χ4v) is 2.15. The number of aromatic nitrogens is 2. The number of halogens is 1. The van der Waals surface area contributed by atoms with E-state index in [0.717, 1.165) is 29.2 Å². The highest BCUT2D eigenvalue weighted by Gasteiger charge is 2.08. The molecule has 1 heterocycles. The first-order valence-corrected chi connectivity index (χ1v) is 6.26. The number of benzene rings is 2. The third-order valence-corrected chi connectivity index (χ3v) is 3.07. The number of anilines is 2. The van der Waals surface area contributed by atoms with Crippen molar-refractivity contribution in [1.82, 2.24) is 9.55 Å². The van der Waals surface area contributed by atoms with Crippen molar-refractivity contribution in [2.24, 2.45) is 0 Å². The summed E-state index contributed by atoms with van der Waals surface area (Å²) in [5.74, 6) is 0.532. The van der Waals surface area contributed by atoms with Gasteiger partial charge in [-0.3, -0.25) is 0 Å². The molecular formula is C15H14FN3. The molecule has 96 valence electrons. The molecule has 0 unspecified atom stereocenters. The summed E-state index contributed by atoms with van der Waals surface area (Å²) in [5, 5.41) is 3.23. The molecule has 0 atom stereocenters. The SMILES string of the molecule is CCn1c(Nc2ccc(F)cc2)nc2ccccc21. The van der Waals surface area contributed by atoms with Crippen LogP contribution in [-0.2, 0) is 6.54 Å². The molecule has 3 aromatic rings. The third-order valence-electron chi connectivity index (χ3n) is 3.07. The maximum atomic E-state index is 12.9. The predicted octanol–water partition coefficient (Wildman–Crippen LogP) is 3.94. The second-order valence-corrected chi connectivity index (χ2v) is 4.30. The zero-order valence-corrected chi connectivity index (χ0v) is 10.6. The molecular weight excluding hydrogens is 241 g/mol. The normalized spacial score (nSPS) is 10.8. The van der Waals surface area contributed by atoms with E-state index in [0.29, 0.717) is 0 Å². The molecule has 0 radical (unpaired) electrons. The Kier molecular flexibility index (Phi) is 2.91. The van der Waals surface area contributed by atoms with E-state index in [-0.39, 0.29) is 5.82 Å². The average Bonchev–Trinajstić information content (AvgIpc) is 2.78. The molecule has 0 aliphatic heterocycles. The van der Waals surface area contributed by atoms with E-state index in [9.17, 15) is 4.39 Å². The topological polar surface area (TPSA) is 29.9 Å². The summed E-state index contributed by atoms with van der Waals surface area (Å²) in [6.45, 7) is 2.90. The Bertz CT molecular complexity index is 701. The van der Waals surface area contributed by atoms with E-state index < -0.39 is 0 Å². The van der Waals surface area contributed by atoms with Gasteiger partial charge in [-0.25, -0.2) is 9.37 Å². The van der Waals surface area contributed by atoms with Crippen molar-refractivity contribution < 1.29 is 4.39 Å². The lowest BCUT2D eigenvalue weighted by atomic mass is 10.3. The number of hydrogen-bond donors (Lipinski definition) is 1. The molecule has 2 aromatic carbocycles. The zero-order chi connectivity index (χ0) is 13.2. The Morgan fingerprint density at radius 1 is 1.11 bits per heavy atom. The van der Waals surface area contributed by atoms with Gasteiger partial charge in [0.05, 0.1) is 11.0 Å². The molecule has 4 heteroatoms. The number of para-hydroxylation sites is 2. The van der Waals surface area contributed by atoms with Gasteiger partial charge in [-0.05, 0) is 43.3 Å². The molecule has 0 amide bonds. The molecule has 0 bridgehead atoms. The second kappa shape index (κ2) is 4.72. The molecule has 0 saturated heterocycles. The molecule has 0 aliphatic rings. The first kappa shape index (κ1) is 11.7. The summed E-state index contributed by atoms with van der Waals surface area (Å²) in [4.78, 5) is 4.56. The van der Waals surface area contributed by atoms with Crippen LogP contribution in [0.25, 0.3) is 11.0 Å². The number of fused-ring (bicyclic) bond motifs is 1. The van der Waals surface area contributed by atoms with Crippen LogP contribution in [-0.4, -0.2) is 9.55 Å². The molecule has 0 aliphatic carbocycles. The first-order chi connectivity index (χ1) is 9.28. The van der Waals surface area contributed by atoms with Gasteiger partial charge in [-0.1, -0.05) is 12.1 Å². The van der Waals surface area contributed by atoms with Crippen molar-refractivity contribution >= 4 is 22.7 Å². The highest BCUT2D eigenvalue weighted by Crippen LogP contribution is 2.22. The smallest absolute Gasteiger partial charge is 0.208 e. The minimum Gasteiger partial charge on any atom is -0.326 e. The third kappa shape index (κ3) is 2.17. The molecule has 3 nitrogen and oxygen atoms in total. The predicted molar refractivity (Wildman–Crippen MR) is 75.1 cm³/mol. The Morgan fingerprint density at radius 2 is 1.84 bits per heavy atom. The molecule has 19 heavy (non-hydrogen) atoms. The lowest BCUT2D eigenvalue weighted by Gasteiger charge is -2.08. The van der Waals surface area contributed by atoms with Gasteiger partial charge in [0.15, 0.2) is 0 Å².